The van der Waals surface area contributed by atoms with Gasteiger partial charge in [0.05, 0.1) is 29.3 Å². The van der Waals surface area contributed by atoms with Crippen LogP contribution < -0.4 is 10.1 Å². The SMILES string of the molecule is COc1ccc(Nc2ccnc3ccc4nc(-c5ccccc5)n(C)c4c23)cc1.Cl. The second-order valence-corrected chi connectivity index (χ2v) is 6.90. The lowest BCUT2D eigenvalue weighted by molar-refractivity contribution is 0.415. The van der Waals surface area contributed by atoms with Crippen molar-refractivity contribution < 1.29 is 4.74 Å². The predicted molar refractivity (Wildman–Crippen MR) is 125 cm³/mol. The molecule has 0 saturated heterocycles. The van der Waals surface area contributed by atoms with Gasteiger partial charge in [-0.05, 0) is 42.5 Å². The number of nitrogens with one attached hydrogen (secondary N) is 1. The van der Waals surface area contributed by atoms with Gasteiger partial charge in [0, 0.05) is 29.9 Å². The van der Waals surface area contributed by atoms with Crippen LogP contribution in [0.4, 0.5) is 11.4 Å². The largest absolute Gasteiger partial charge is 0.497 e. The molecule has 150 valence electrons. The Morgan fingerprint density at radius 2 is 1.60 bits per heavy atom. The van der Waals surface area contributed by atoms with Crippen LogP contribution in [-0.2, 0) is 7.05 Å². The maximum atomic E-state index is 5.26. The van der Waals surface area contributed by atoms with Gasteiger partial charge in [-0.25, -0.2) is 4.98 Å². The summed E-state index contributed by atoms with van der Waals surface area (Å²) in [6.07, 6.45) is 1.83. The van der Waals surface area contributed by atoms with Gasteiger partial charge >= 0.3 is 0 Å². The number of imidazole rings is 1. The molecule has 2 aromatic heterocycles. The van der Waals surface area contributed by atoms with E-state index in [0.29, 0.717) is 0 Å². The van der Waals surface area contributed by atoms with Gasteiger partial charge in [-0.3, -0.25) is 4.98 Å². The molecule has 0 amide bonds. The molecule has 0 spiro atoms. The van der Waals surface area contributed by atoms with Crippen LogP contribution in [0.2, 0.25) is 0 Å². The predicted octanol–water partition coefficient (Wildman–Crippen LogP) is 5.96. The van der Waals surface area contributed by atoms with Crippen LogP contribution in [0.5, 0.6) is 5.75 Å². The van der Waals surface area contributed by atoms with E-state index in [1.54, 1.807) is 7.11 Å². The van der Waals surface area contributed by atoms with Crippen LogP contribution in [0.15, 0.2) is 79.0 Å². The van der Waals surface area contributed by atoms with E-state index in [2.05, 4.69) is 34.0 Å². The van der Waals surface area contributed by atoms with E-state index in [4.69, 9.17) is 9.72 Å². The third kappa shape index (κ3) is 3.33. The van der Waals surface area contributed by atoms with Crippen LogP contribution in [0.1, 0.15) is 0 Å². The Hall–Kier alpha value is -3.57. The molecule has 0 aliphatic rings. The van der Waals surface area contributed by atoms with Gasteiger partial charge in [-0.15, -0.1) is 12.4 Å². The summed E-state index contributed by atoms with van der Waals surface area (Å²) in [4.78, 5) is 9.48. The summed E-state index contributed by atoms with van der Waals surface area (Å²) in [6.45, 7) is 0. The Morgan fingerprint density at radius 1 is 0.867 bits per heavy atom. The smallest absolute Gasteiger partial charge is 0.140 e. The first-order chi connectivity index (χ1) is 14.2. The highest BCUT2D eigenvalue weighted by Crippen LogP contribution is 2.34. The van der Waals surface area contributed by atoms with Gasteiger partial charge in [-0.2, -0.15) is 0 Å². The average molecular weight is 417 g/mol. The number of nitrogens with zero attached hydrogens (tertiary/aromatic N) is 3. The van der Waals surface area contributed by atoms with Crippen LogP contribution >= 0.6 is 12.4 Å². The minimum atomic E-state index is 0. The zero-order valence-corrected chi connectivity index (χ0v) is 17.5. The number of ether oxygens (including phenoxy) is 1. The molecule has 0 aliphatic carbocycles. The summed E-state index contributed by atoms with van der Waals surface area (Å²) in [5.74, 6) is 1.77. The van der Waals surface area contributed by atoms with E-state index in [9.17, 15) is 0 Å². The number of hydrogen-bond donors (Lipinski definition) is 1. The van der Waals surface area contributed by atoms with Crippen molar-refractivity contribution in [2.24, 2.45) is 7.05 Å². The minimum absolute atomic E-state index is 0. The molecule has 0 aliphatic heterocycles. The van der Waals surface area contributed by atoms with E-state index >= 15 is 0 Å². The van der Waals surface area contributed by atoms with Crippen molar-refractivity contribution in [3.8, 4) is 17.1 Å². The third-order valence-corrected chi connectivity index (χ3v) is 5.14. The molecule has 5 rings (SSSR count). The van der Waals surface area contributed by atoms with Crippen molar-refractivity contribution in [3.05, 3.63) is 79.0 Å². The lowest BCUT2D eigenvalue weighted by atomic mass is 10.1. The van der Waals surface area contributed by atoms with Crippen molar-refractivity contribution in [2.75, 3.05) is 12.4 Å². The number of pyridine rings is 1. The number of fused-ring (bicyclic) bond motifs is 3. The highest BCUT2D eigenvalue weighted by atomic mass is 35.5. The zero-order chi connectivity index (χ0) is 19.8. The lowest BCUT2D eigenvalue weighted by Gasteiger charge is -2.12. The van der Waals surface area contributed by atoms with E-state index < -0.39 is 0 Å². The van der Waals surface area contributed by atoms with Crippen molar-refractivity contribution >= 4 is 45.7 Å². The molecule has 5 aromatic rings. The Kier molecular flexibility index (Phi) is 5.29. The molecule has 30 heavy (non-hydrogen) atoms. The summed E-state index contributed by atoms with van der Waals surface area (Å²) in [5.41, 5.74) is 6.01. The third-order valence-electron chi connectivity index (χ3n) is 5.14. The standard InChI is InChI=1S/C24H20N4O.ClH/c1-28-23-21(27-24(28)16-6-4-3-5-7-16)13-12-19-22(23)20(14-15-25-19)26-17-8-10-18(29-2)11-9-17;/h3-15H,1-2H3,(H,25,26);1H. The Morgan fingerprint density at radius 3 is 2.33 bits per heavy atom. The topological polar surface area (TPSA) is 52.0 Å². The molecular weight excluding hydrogens is 396 g/mol. The first-order valence-electron chi connectivity index (χ1n) is 9.45. The normalized spacial score (nSPS) is 10.7. The Labute approximate surface area is 180 Å². The second kappa shape index (κ2) is 8.05. The number of hydrogen-bond acceptors (Lipinski definition) is 4. The molecule has 1 N–H and O–H groups in total. The van der Waals surface area contributed by atoms with Gasteiger partial charge in [0.2, 0.25) is 0 Å². The molecule has 6 heteroatoms. The maximum Gasteiger partial charge on any atom is 0.140 e. The maximum absolute atomic E-state index is 5.26. The molecular formula is C24H21ClN4O. The molecule has 0 atom stereocenters. The minimum Gasteiger partial charge on any atom is -0.497 e. The molecule has 3 aromatic carbocycles. The number of benzene rings is 3. The summed E-state index contributed by atoms with van der Waals surface area (Å²) in [7, 11) is 3.73. The van der Waals surface area contributed by atoms with E-state index in [1.165, 1.54) is 0 Å². The number of anilines is 2. The summed E-state index contributed by atoms with van der Waals surface area (Å²) < 4.78 is 7.41. The molecule has 0 bridgehead atoms. The fraction of sp³-hybridized carbons (Fsp3) is 0.0833. The molecule has 0 saturated carbocycles. The fourth-order valence-corrected chi connectivity index (χ4v) is 3.72. The Bertz CT molecular complexity index is 1310. The zero-order valence-electron chi connectivity index (χ0n) is 16.7. The molecule has 2 heterocycles. The first-order valence-corrected chi connectivity index (χ1v) is 9.45. The number of methoxy groups -OCH3 is 1. The number of aromatic nitrogens is 3. The first kappa shape index (κ1) is 19.7. The van der Waals surface area contributed by atoms with Crippen LogP contribution in [0.3, 0.4) is 0 Å². The highest BCUT2D eigenvalue weighted by Gasteiger charge is 2.15. The van der Waals surface area contributed by atoms with Crippen molar-refractivity contribution in [1.29, 1.82) is 0 Å². The molecule has 0 radical (unpaired) electrons. The van der Waals surface area contributed by atoms with E-state index in [1.807, 2.05) is 66.9 Å². The molecule has 5 nitrogen and oxygen atoms in total. The van der Waals surface area contributed by atoms with Gasteiger partial charge in [0.1, 0.15) is 11.6 Å². The number of aryl methyl sites for hydroxylation is 1. The fourth-order valence-electron chi connectivity index (χ4n) is 3.72. The summed E-state index contributed by atoms with van der Waals surface area (Å²) >= 11 is 0. The Balaban J connectivity index is 0.00000218. The van der Waals surface area contributed by atoms with Gasteiger partial charge in [0.15, 0.2) is 0 Å². The van der Waals surface area contributed by atoms with Crippen LogP contribution in [0.25, 0.3) is 33.3 Å². The molecule has 0 unspecified atom stereocenters. The van der Waals surface area contributed by atoms with Crippen LogP contribution in [0, 0.1) is 0 Å². The number of rotatable bonds is 4. The van der Waals surface area contributed by atoms with Crippen molar-refractivity contribution in [3.63, 3.8) is 0 Å². The summed E-state index contributed by atoms with van der Waals surface area (Å²) in [6, 6.07) is 24.2. The van der Waals surface area contributed by atoms with Gasteiger partial charge in [-0.1, -0.05) is 30.3 Å². The van der Waals surface area contributed by atoms with Crippen LogP contribution in [-0.4, -0.2) is 21.6 Å². The number of halogens is 1. The highest BCUT2D eigenvalue weighted by molar-refractivity contribution is 6.11. The van der Waals surface area contributed by atoms with Gasteiger partial charge < -0.3 is 14.6 Å². The quantitative estimate of drug-likeness (QED) is 0.392. The molecule has 0 fully saturated rings. The van der Waals surface area contributed by atoms with Crippen molar-refractivity contribution in [2.45, 2.75) is 0 Å². The monoisotopic (exact) mass is 416 g/mol. The van der Waals surface area contributed by atoms with E-state index in [0.717, 1.165) is 50.4 Å². The van der Waals surface area contributed by atoms with Crippen molar-refractivity contribution in [1.82, 2.24) is 14.5 Å². The average Bonchev–Trinajstić information content (AvgIpc) is 3.12. The summed E-state index contributed by atoms with van der Waals surface area (Å²) in [5, 5.41) is 4.58. The second-order valence-electron chi connectivity index (χ2n) is 6.90. The van der Waals surface area contributed by atoms with Gasteiger partial charge in [0.25, 0.3) is 0 Å². The van der Waals surface area contributed by atoms with E-state index in [-0.39, 0.29) is 12.4 Å². The lowest BCUT2D eigenvalue weighted by Crippen LogP contribution is -1.97.